The van der Waals surface area contributed by atoms with Crippen molar-refractivity contribution < 1.29 is 22.0 Å². The number of hydrogen-bond acceptors (Lipinski definition) is 6. The van der Waals surface area contributed by atoms with Crippen molar-refractivity contribution in [3.63, 3.8) is 0 Å². The Kier molecular flexibility index (Phi) is 6.14. The molecule has 2 aliphatic heterocycles. The van der Waals surface area contributed by atoms with Crippen molar-refractivity contribution in [1.29, 1.82) is 0 Å². The fourth-order valence-corrected chi connectivity index (χ4v) is 6.42. The van der Waals surface area contributed by atoms with E-state index in [0.717, 1.165) is 5.69 Å². The number of anilines is 1. The minimum absolute atomic E-state index is 0.0341. The van der Waals surface area contributed by atoms with Crippen molar-refractivity contribution >= 4 is 32.7 Å². The maximum absolute atomic E-state index is 13.3. The number of halogens is 1. The average Bonchev–Trinajstić information content (AvgIpc) is 3.17. The lowest BCUT2D eigenvalue weighted by Gasteiger charge is -2.39. The van der Waals surface area contributed by atoms with Crippen molar-refractivity contribution in [2.45, 2.75) is 17.7 Å². The number of carbonyl (C=O) groups is 1. The molecule has 2 saturated heterocycles. The van der Waals surface area contributed by atoms with Gasteiger partial charge < -0.3 is 14.2 Å². The van der Waals surface area contributed by atoms with Gasteiger partial charge in [-0.2, -0.15) is 4.31 Å². The standard InChI is InChI=1S/C24H27FN4O5S/c1-26-21-9-8-20(15-22(21)34-24(26)31)35(32,33)29-10-2-3-17(16-29)23(30)28-13-11-27(12-14-28)19-6-4-18(25)5-7-19/h4-9,15,17H,2-3,10-14,16H2,1H3/t17-/m1/s1. The van der Waals surface area contributed by atoms with E-state index < -0.39 is 21.7 Å². The largest absolute Gasteiger partial charge is 0.419 e. The van der Waals surface area contributed by atoms with Crippen molar-refractivity contribution in [3.05, 3.63) is 58.8 Å². The molecule has 0 unspecified atom stereocenters. The molecule has 11 heteroatoms. The van der Waals surface area contributed by atoms with E-state index in [1.165, 1.54) is 33.1 Å². The van der Waals surface area contributed by atoms with Crippen LogP contribution in [0.5, 0.6) is 0 Å². The molecule has 0 bridgehead atoms. The highest BCUT2D eigenvalue weighted by molar-refractivity contribution is 7.89. The lowest BCUT2D eigenvalue weighted by molar-refractivity contribution is -0.137. The molecular formula is C24H27FN4O5S. The second kappa shape index (κ2) is 9.12. The van der Waals surface area contributed by atoms with E-state index in [4.69, 9.17) is 4.42 Å². The first-order valence-corrected chi connectivity index (χ1v) is 13.1. The minimum Gasteiger partial charge on any atom is -0.408 e. The SMILES string of the molecule is Cn1c(=O)oc2cc(S(=O)(=O)N3CCC[C@@H](C(=O)N4CCN(c5ccc(F)cc5)CC4)C3)ccc21. The molecule has 3 aromatic rings. The maximum Gasteiger partial charge on any atom is 0.419 e. The third-order valence-electron chi connectivity index (χ3n) is 6.92. The summed E-state index contributed by atoms with van der Waals surface area (Å²) in [5.74, 6) is -1.28. The fourth-order valence-electron chi connectivity index (χ4n) is 4.88. The van der Waals surface area contributed by atoms with Gasteiger partial charge in [-0.15, -0.1) is 0 Å². The zero-order valence-electron chi connectivity index (χ0n) is 19.4. The number of oxazole rings is 1. The number of rotatable bonds is 4. The summed E-state index contributed by atoms with van der Waals surface area (Å²) in [4.78, 5) is 29.0. The number of fused-ring (bicyclic) bond motifs is 1. The Balaban J connectivity index is 1.26. The van der Waals surface area contributed by atoms with Crippen LogP contribution >= 0.6 is 0 Å². The Morgan fingerprint density at radius 3 is 2.46 bits per heavy atom. The lowest BCUT2D eigenvalue weighted by Crippen LogP contribution is -2.53. The average molecular weight is 503 g/mol. The molecule has 1 aromatic heterocycles. The molecular weight excluding hydrogens is 475 g/mol. The minimum atomic E-state index is -3.85. The molecule has 1 amide bonds. The highest BCUT2D eigenvalue weighted by atomic mass is 32.2. The second-order valence-electron chi connectivity index (χ2n) is 9.05. The van der Waals surface area contributed by atoms with Gasteiger partial charge in [0.1, 0.15) is 5.82 Å². The van der Waals surface area contributed by atoms with Crippen LogP contribution in [0.15, 0.2) is 56.6 Å². The first kappa shape index (κ1) is 23.6. The Bertz CT molecular complexity index is 1410. The molecule has 0 N–H and O–H groups in total. The monoisotopic (exact) mass is 502 g/mol. The van der Waals surface area contributed by atoms with Crippen molar-refractivity contribution in [3.8, 4) is 0 Å². The number of hydrogen-bond donors (Lipinski definition) is 0. The summed E-state index contributed by atoms with van der Waals surface area (Å²) >= 11 is 0. The third kappa shape index (κ3) is 4.45. The van der Waals surface area contributed by atoms with E-state index in [1.807, 2.05) is 0 Å². The number of aryl methyl sites for hydroxylation is 1. The first-order valence-electron chi connectivity index (χ1n) is 11.6. The van der Waals surface area contributed by atoms with E-state index in [1.54, 1.807) is 30.1 Å². The van der Waals surface area contributed by atoms with E-state index in [9.17, 15) is 22.4 Å². The Labute approximate surface area is 202 Å². The normalized spacial score (nSPS) is 19.9. The zero-order valence-corrected chi connectivity index (χ0v) is 20.2. The van der Waals surface area contributed by atoms with Crippen LogP contribution in [-0.4, -0.2) is 67.4 Å². The van der Waals surface area contributed by atoms with Crippen LogP contribution in [0.3, 0.4) is 0 Å². The molecule has 5 rings (SSSR count). The predicted octanol–water partition coefficient (Wildman–Crippen LogP) is 2.02. The van der Waals surface area contributed by atoms with Gasteiger partial charge in [0.2, 0.25) is 15.9 Å². The second-order valence-corrected chi connectivity index (χ2v) is 11.0. The zero-order chi connectivity index (χ0) is 24.7. The molecule has 35 heavy (non-hydrogen) atoms. The summed E-state index contributed by atoms with van der Waals surface area (Å²) in [5, 5.41) is 0. The van der Waals surface area contributed by atoms with Crippen LogP contribution in [0.25, 0.3) is 11.1 Å². The Morgan fingerprint density at radius 1 is 1.03 bits per heavy atom. The van der Waals surface area contributed by atoms with Gasteiger partial charge in [0, 0.05) is 58.1 Å². The molecule has 0 radical (unpaired) electrons. The number of nitrogens with zero attached hydrogens (tertiary/aromatic N) is 4. The van der Waals surface area contributed by atoms with Gasteiger partial charge >= 0.3 is 5.76 Å². The fraction of sp³-hybridized carbons (Fsp3) is 0.417. The van der Waals surface area contributed by atoms with Gasteiger partial charge in [0.15, 0.2) is 5.58 Å². The highest BCUT2D eigenvalue weighted by Crippen LogP contribution is 2.27. The lowest BCUT2D eigenvalue weighted by atomic mass is 9.97. The van der Waals surface area contributed by atoms with Crippen LogP contribution in [0.4, 0.5) is 10.1 Å². The summed E-state index contributed by atoms with van der Waals surface area (Å²) in [6, 6.07) is 10.7. The molecule has 2 fully saturated rings. The molecule has 3 heterocycles. The van der Waals surface area contributed by atoms with Gasteiger partial charge in [-0.25, -0.2) is 17.6 Å². The number of piperazine rings is 1. The van der Waals surface area contributed by atoms with E-state index in [2.05, 4.69) is 4.90 Å². The molecule has 9 nitrogen and oxygen atoms in total. The molecule has 2 aromatic carbocycles. The van der Waals surface area contributed by atoms with Crippen molar-refractivity contribution in [2.75, 3.05) is 44.2 Å². The van der Waals surface area contributed by atoms with E-state index in [-0.39, 0.29) is 28.7 Å². The molecule has 0 aliphatic carbocycles. The number of sulfonamides is 1. The summed E-state index contributed by atoms with van der Waals surface area (Å²) in [5.41, 5.74) is 1.64. The smallest absolute Gasteiger partial charge is 0.408 e. The number of benzene rings is 2. The maximum atomic E-state index is 13.3. The van der Waals surface area contributed by atoms with Crippen LogP contribution in [0, 0.1) is 11.7 Å². The van der Waals surface area contributed by atoms with Gasteiger partial charge in [0.25, 0.3) is 0 Å². The number of aromatic nitrogens is 1. The summed E-state index contributed by atoms with van der Waals surface area (Å²) < 4.78 is 47.7. The summed E-state index contributed by atoms with van der Waals surface area (Å²) in [6.07, 6.45) is 1.23. The number of amides is 1. The van der Waals surface area contributed by atoms with E-state index in [0.29, 0.717) is 51.1 Å². The van der Waals surface area contributed by atoms with Crippen LogP contribution < -0.4 is 10.7 Å². The Morgan fingerprint density at radius 2 is 1.74 bits per heavy atom. The van der Waals surface area contributed by atoms with Gasteiger partial charge in [-0.05, 0) is 49.2 Å². The van der Waals surface area contributed by atoms with Crippen molar-refractivity contribution in [1.82, 2.24) is 13.8 Å². The van der Waals surface area contributed by atoms with E-state index >= 15 is 0 Å². The number of carbonyl (C=O) groups excluding carboxylic acids is 1. The topological polar surface area (TPSA) is 96.1 Å². The van der Waals surface area contributed by atoms with Gasteiger partial charge in [0.05, 0.1) is 16.3 Å². The predicted molar refractivity (Wildman–Crippen MR) is 128 cm³/mol. The van der Waals surface area contributed by atoms with Crippen LogP contribution in [0.2, 0.25) is 0 Å². The highest BCUT2D eigenvalue weighted by Gasteiger charge is 2.36. The molecule has 186 valence electrons. The Hall–Kier alpha value is -3.18. The number of piperidine rings is 1. The van der Waals surface area contributed by atoms with Crippen LogP contribution in [-0.2, 0) is 21.9 Å². The van der Waals surface area contributed by atoms with Gasteiger partial charge in [-0.3, -0.25) is 9.36 Å². The van der Waals surface area contributed by atoms with Crippen LogP contribution in [0.1, 0.15) is 12.8 Å². The molecule has 1 atom stereocenters. The first-order chi connectivity index (χ1) is 16.7. The molecule has 2 aliphatic rings. The van der Waals surface area contributed by atoms with Gasteiger partial charge in [-0.1, -0.05) is 0 Å². The van der Waals surface area contributed by atoms with Crippen molar-refractivity contribution in [2.24, 2.45) is 13.0 Å². The molecule has 0 spiro atoms. The molecule has 0 saturated carbocycles. The quantitative estimate of drug-likeness (QED) is 0.542. The third-order valence-corrected chi connectivity index (χ3v) is 8.78. The summed E-state index contributed by atoms with van der Waals surface area (Å²) in [7, 11) is -2.29. The summed E-state index contributed by atoms with van der Waals surface area (Å²) in [6.45, 7) is 2.78.